The predicted octanol–water partition coefficient (Wildman–Crippen LogP) is 4.25. The van der Waals surface area contributed by atoms with Crippen LogP contribution in [0, 0.1) is 0 Å². The molecule has 0 heterocycles. The second kappa shape index (κ2) is 9.39. The molecule has 0 aliphatic heterocycles. The number of anilines is 1. The molecule has 0 aliphatic rings. The molecule has 0 spiro atoms. The van der Waals surface area contributed by atoms with Gasteiger partial charge in [-0.05, 0) is 54.9 Å². The standard InChI is InChI=1S/C22H22N2O2/c25-22(17-23-16-15-18-7-3-1-4-8-18)24-19-11-13-21(14-12-19)26-20-9-5-2-6-10-20/h1-14,23H,15-17H2,(H,24,25). The predicted molar refractivity (Wildman–Crippen MR) is 105 cm³/mol. The molecule has 0 bridgehead atoms. The van der Waals surface area contributed by atoms with Gasteiger partial charge >= 0.3 is 0 Å². The molecule has 0 aliphatic carbocycles. The summed E-state index contributed by atoms with van der Waals surface area (Å²) in [6.45, 7) is 1.05. The van der Waals surface area contributed by atoms with Crippen LogP contribution >= 0.6 is 0 Å². The maximum atomic E-state index is 12.0. The highest BCUT2D eigenvalue weighted by Gasteiger charge is 2.03. The number of hydrogen-bond acceptors (Lipinski definition) is 3. The maximum Gasteiger partial charge on any atom is 0.238 e. The first-order valence-electron chi connectivity index (χ1n) is 8.67. The Hall–Kier alpha value is -3.11. The van der Waals surface area contributed by atoms with Gasteiger partial charge in [0.05, 0.1) is 6.54 Å². The molecule has 4 heteroatoms. The van der Waals surface area contributed by atoms with Gasteiger partial charge in [-0.3, -0.25) is 4.79 Å². The van der Waals surface area contributed by atoms with Crippen molar-refractivity contribution in [1.82, 2.24) is 5.32 Å². The maximum absolute atomic E-state index is 12.0. The SMILES string of the molecule is O=C(CNCCc1ccccc1)Nc1ccc(Oc2ccccc2)cc1. The van der Waals surface area contributed by atoms with Crippen molar-refractivity contribution in [3.05, 3.63) is 90.5 Å². The van der Waals surface area contributed by atoms with E-state index >= 15 is 0 Å². The summed E-state index contributed by atoms with van der Waals surface area (Å²) >= 11 is 0. The molecule has 0 radical (unpaired) electrons. The van der Waals surface area contributed by atoms with Crippen LogP contribution in [0.1, 0.15) is 5.56 Å². The van der Waals surface area contributed by atoms with Crippen molar-refractivity contribution in [2.45, 2.75) is 6.42 Å². The number of benzene rings is 3. The minimum atomic E-state index is -0.0604. The summed E-state index contributed by atoms with van der Waals surface area (Å²) in [5.74, 6) is 1.46. The lowest BCUT2D eigenvalue weighted by Crippen LogP contribution is -2.29. The van der Waals surface area contributed by atoms with Gasteiger partial charge in [-0.1, -0.05) is 48.5 Å². The van der Waals surface area contributed by atoms with Gasteiger partial charge in [0.15, 0.2) is 0 Å². The van der Waals surface area contributed by atoms with Crippen LogP contribution in [0.4, 0.5) is 5.69 Å². The molecule has 0 unspecified atom stereocenters. The Morgan fingerprint density at radius 2 is 1.38 bits per heavy atom. The molecule has 2 N–H and O–H groups in total. The fraction of sp³-hybridized carbons (Fsp3) is 0.136. The number of hydrogen-bond donors (Lipinski definition) is 2. The number of para-hydroxylation sites is 1. The van der Waals surface area contributed by atoms with Crippen LogP contribution in [0.25, 0.3) is 0 Å². The summed E-state index contributed by atoms with van der Waals surface area (Å²) in [4.78, 5) is 12.0. The molecule has 0 aromatic heterocycles. The van der Waals surface area contributed by atoms with Crippen LogP contribution in [0.2, 0.25) is 0 Å². The molecule has 3 rings (SSSR count). The zero-order valence-electron chi connectivity index (χ0n) is 14.5. The summed E-state index contributed by atoms with van der Waals surface area (Å²) in [5.41, 5.74) is 2.01. The first-order chi connectivity index (χ1) is 12.8. The Labute approximate surface area is 153 Å². The van der Waals surface area contributed by atoms with Crippen molar-refractivity contribution in [3.63, 3.8) is 0 Å². The molecule has 4 nitrogen and oxygen atoms in total. The monoisotopic (exact) mass is 346 g/mol. The Kier molecular flexibility index (Phi) is 6.40. The molecule has 0 saturated carbocycles. The first kappa shape index (κ1) is 17.7. The number of carbonyl (C=O) groups excluding carboxylic acids is 1. The zero-order chi connectivity index (χ0) is 18.0. The summed E-state index contributed by atoms with van der Waals surface area (Å²) in [6.07, 6.45) is 0.902. The highest BCUT2D eigenvalue weighted by Crippen LogP contribution is 2.22. The summed E-state index contributed by atoms with van der Waals surface area (Å²) in [7, 11) is 0. The van der Waals surface area contributed by atoms with E-state index in [0.717, 1.165) is 30.2 Å². The van der Waals surface area contributed by atoms with E-state index < -0.39 is 0 Å². The quantitative estimate of drug-likeness (QED) is 0.600. The Morgan fingerprint density at radius 3 is 2.08 bits per heavy atom. The first-order valence-corrected chi connectivity index (χ1v) is 8.67. The number of ether oxygens (including phenoxy) is 1. The van der Waals surface area contributed by atoms with E-state index in [1.165, 1.54) is 5.56 Å². The topological polar surface area (TPSA) is 50.4 Å². The fourth-order valence-corrected chi connectivity index (χ4v) is 2.52. The third kappa shape index (κ3) is 5.76. The average molecular weight is 346 g/mol. The molecule has 0 atom stereocenters. The molecule has 0 saturated heterocycles. The van der Waals surface area contributed by atoms with Gasteiger partial charge in [0.1, 0.15) is 11.5 Å². The molecular formula is C22H22N2O2. The van der Waals surface area contributed by atoms with E-state index in [9.17, 15) is 4.79 Å². The van der Waals surface area contributed by atoms with Crippen molar-refractivity contribution in [3.8, 4) is 11.5 Å². The van der Waals surface area contributed by atoms with Crippen LogP contribution < -0.4 is 15.4 Å². The van der Waals surface area contributed by atoms with E-state index in [-0.39, 0.29) is 12.5 Å². The van der Waals surface area contributed by atoms with E-state index in [1.54, 1.807) is 0 Å². The van der Waals surface area contributed by atoms with Crippen molar-refractivity contribution in [1.29, 1.82) is 0 Å². The largest absolute Gasteiger partial charge is 0.457 e. The van der Waals surface area contributed by atoms with Crippen molar-refractivity contribution >= 4 is 11.6 Å². The summed E-state index contributed by atoms with van der Waals surface area (Å²) < 4.78 is 5.73. The summed E-state index contributed by atoms with van der Waals surface area (Å²) in [6, 6.07) is 27.1. The number of carbonyl (C=O) groups is 1. The molecular weight excluding hydrogens is 324 g/mol. The van der Waals surface area contributed by atoms with Gasteiger partial charge in [-0.25, -0.2) is 0 Å². The normalized spacial score (nSPS) is 10.3. The number of rotatable bonds is 8. The van der Waals surface area contributed by atoms with Crippen LogP contribution in [0.3, 0.4) is 0 Å². The van der Waals surface area contributed by atoms with E-state index in [0.29, 0.717) is 0 Å². The Balaban J connectivity index is 1.40. The lowest BCUT2D eigenvalue weighted by Gasteiger charge is -2.09. The second-order valence-corrected chi connectivity index (χ2v) is 5.90. The summed E-state index contributed by atoms with van der Waals surface area (Å²) in [5, 5.41) is 6.04. The molecule has 3 aromatic carbocycles. The van der Waals surface area contributed by atoms with Gasteiger partial charge in [0.25, 0.3) is 0 Å². The third-order valence-electron chi connectivity index (χ3n) is 3.84. The molecule has 0 fully saturated rings. The molecule has 1 amide bonds. The van der Waals surface area contributed by atoms with Gasteiger partial charge in [0.2, 0.25) is 5.91 Å². The van der Waals surface area contributed by atoms with Crippen LogP contribution in [-0.4, -0.2) is 19.0 Å². The lowest BCUT2D eigenvalue weighted by atomic mass is 10.1. The third-order valence-corrected chi connectivity index (χ3v) is 3.84. The molecule has 132 valence electrons. The lowest BCUT2D eigenvalue weighted by molar-refractivity contribution is -0.115. The zero-order valence-corrected chi connectivity index (χ0v) is 14.5. The van der Waals surface area contributed by atoms with Gasteiger partial charge in [-0.2, -0.15) is 0 Å². The molecule has 3 aromatic rings. The van der Waals surface area contributed by atoms with Crippen LogP contribution in [0.5, 0.6) is 11.5 Å². The second-order valence-electron chi connectivity index (χ2n) is 5.90. The van der Waals surface area contributed by atoms with E-state index in [1.807, 2.05) is 72.8 Å². The average Bonchev–Trinajstić information content (AvgIpc) is 2.68. The smallest absolute Gasteiger partial charge is 0.238 e. The van der Waals surface area contributed by atoms with Crippen molar-refractivity contribution in [2.24, 2.45) is 0 Å². The van der Waals surface area contributed by atoms with Gasteiger partial charge in [0, 0.05) is 5.69 Å². The highest BCUT2D eigenvalue weighted by atomic mass is 16.5. The number of nitrogens with one attached hydrogen (secondary N) is 2. The van der Waals surface area contributed by atoms with Crippen LogP contribution in [-0.2, 0) is 11.2 Å². The van der Waals surface area contributed by atoms with Crippen LogP contribution in [0.15, 0.2) is 84.9 Å². The highest BCUT2D eigenvalue weighted by molar-refractivity contribution is 5.92. The Bertz CT molecular complexity index is 803. The van der Waals surface area contributed by atoms with Crippen molar-refractivity contribution < 1.29 is 9.53 Å². The Morgan fingerprint density at radius 1 is 0.769 bits per heavy atom. The van der Waals surface area contributed by atoms with E-state index in [4.69, 9.17) is 4.74 Å². The minimum Gasteiger partial charge on any atom is -0.457 e. The number of amides is 1. The van der Waals surface area contributed by atoms with E-state index in [2.05, 4.69) is 22.8 Å². The van der Waals surface area contributed by atoms with Gasteiger partial charge in [-0.15, -0.1) is 0 Å². The fourth-order valence-electron chi connectivity index (χ4n) is 2.52. The molecule has 26 heavy (non-hydrogen) atoms. The van der Waals surface area contributed by atoms with Gasteiger partial charge < -0.3 is 15.4 Å². The van der Waals surface area contributed by atoms with Crippen molar-refractivity contribution in [2.75, 3.05) is 18.4 Å². The minimum absolute atomic E-state index is 0.0604.